The van der Waals surface area contributed by atoms with E-state index in [4.69, 9.17) is 26.6 Å². The molecule has 258 valence electrons. The van der Waals surface area contributed by atoms with Crippen molar-refractivity contribution < 1.29 is 55.8 Å². The van der Waals surface area contributed by atoms with Gasteiger partial charge in [0.15, 0.2) is 0 Å². The number of pyridine rings is 1. The Morgan fingerprint density at radius 3 is 0.957 bits per heavy atom. The molecule has 1 heterocycles. The average molecular weight is 758 g/mol. The number of hydrogen-bond acceptors (Lipinski definition) is 3. The average Bonchev–Trinajstić information content (AvgIpc) is 2.91. The SMILES string of the molecule is CC(=Nc1c(C(C)C)cc(C(C)C)cc1C(C)C)c1cc(Cl)cc(C(C)=Nc2c(C(C)C)cc(C(C)C)cc2C(C)C)n1.[Cl-].[Cl-].[Cl-].[V+3]. The first-order valence-corrected chi connectivity index (χ1v) is 16.5. The summed E-state index contributed by atoms with van der Waals surface area (Å²) < 4.78 is 0. The molecule has 0 radical (unpaired) electrons. The Morgan fingerprint density at radius 1 is 0.489 bits per heavy atom. The van der Waals surface area contributed by atoms with E-state index in [1.807, 2.05) is 26.0 Å². The van der Waals surface area contributed by atoms with Crippen molar-refractivity contribution in [2.24, 2.45) is 9.98 Å². The van der Waals surface area contributed by atoms with Crippen molar-refractivity contribution in [3.8, 4) is 0 Å². The molecule has 3 aromatic rings. The van der Waals surface area contributed by atoms with Gasteiger partial charge in [0, 0.05) is 5.02 Å². The van der Waals surface area contributed by atoms with Crippen LogP contribution in [0.15, 0.2) is 46.4 Å². The van der Waals surface area contributed by atoms with Crippen molar-refractivity contribution in [1.29, 1.82) is 0 Å². The van der Waals surface area contributed by atoms with Gasteiger partial charge in [0.05, 0.1) is 34.2 Å². The Morgan fingerprint density at radius 2 is 0.745 bits per heavy atom. The first-order valence-electron chi connectivity index (χ1n) is 16.2. The second kappa shape index (κ2) is 20.4. The van der Waals surface area contributed by atoms with Crippen LogP contribution in [-0.4, -0.2) is 16.4 Å². The third-order valence-electron chi connectivity index (χ3n) is 8.29. The molecule has 0 spiro atoms. The van der Waals surface area contributed by atoms with Gasteiger partial charge in [0.2, 0.25) is 0 Å². The van der Waals surface area contributed by atoms with Gasteiger partial charge in [-0.05, 0) is 94.9 Å². The Bertz CT molecular complexity index is 1350. The fourth-order valence-corrected chi connectivity index (χ4v) is 5.62. The van der Waals surface area contributed by atoms with E-state index in [1.165, 1.54) is 33.4 Å². The van der Waals surface area contributed by atoms with E-state index in [0.717, 1.165) is 34.2 Å². The zero-order valence-corrected chi connectivity index (χ0v) is 35.1. The van der Waals surface area contributed by atoms with Gasteiger partial charge in [-0.25, -0.2) is 4.98 Å². The van der Waals surface area contributed by atoms with Crippen LogP contribution < -0.4 is 37.2 Å². The summed E-state index contributed by atoms with van der Waals surface area (Å²) >= 11 is 6.73. The largest absolute Gasteiger partial charge is 3.00 e. The number of benzene rings is 2. The zero-order valence-electron chi connectivity index (χ0n) is 30.7. The first-order chi connectivity index (χ1) is 20.0. The maximum atomic E-state index is 6.73. The molecule has 0 aliphatic heterocycles. The molecular formula is C39H54Cl4N3V. The fourth-order valence-electron chi connectivity index (χ4n) is 5.41. The maximum Gasteiger partial charge on any atom is 3.00 e. The van der Waals surface area contributed by atoms with E-state index in [9.17, 15) is 0 Å². The third-order valence-corrected chi connectivity index (χ3v) is 8.51. The molecule has 3 rings (SSSR count). The van der Waals surface area contributed by atoms with Crippen molar-refractivity contribution in [3.63, 3.8) is 0 Å². The van der Waals surface area contributed by atoms with Crippen molar-refractivity contribution >= 4 is 34.4 Å². The standard InChI is InChI=1S/C39H54ClN3.3ClH.V/c1-21(2)29-15-32(23(5)6)38(33(16-29)24(7)8)41-27(13)36-19-31(40)20-37(43-36)28(14)42-39-34(25(9)10)17-30(22(3)4)18-35(39)26(11)12;;;;/h15-26H,1-14H3;3*1H;/q;;;;+3/p-3. The van der Waals surface area contributed by atoms with Crippen LogP contribution in [0.25, 0.3) is 0 Å². The van der Waals surface area contributed by atoms with Gasteiger partial charge in [0.1, 0.15) is 0 Å². The molecule has 3 nitrogen and oxygen atoms in total. The van der Waals surface area contributed by atoms with Gasteiger partial charge in [-0.15, -0.1) is 0 Å². The van der Waals surface area contributed by atoms with E-state index in [2.05, 4.69) is 107 Å². The predicted molar refractivity (Wildman–Crippen MR) is 190 cm³/mol. The van der Waals surface area contributed by atoms with Crippen LogP contribution in [0.3, 0.4) is 0 Å². The van der Waals surface area contributed by atoms with Gasteiger partial charge in [-0.1, -0.05) is 119 Å². The van der Waals surface area contributed by atoms with Gasteiger partial charge in [-0.2, -0.15) is 0 Å². The van der Waals surface area contributed by atoms with Crippen LogP contribution in [0.4, 0.5) is 11.4 Å². The summed E-state index contributed by atoms with van der Waals surface area (Å²) in [5.41, 5.74) is 13.2. The molecule has 0 aliphatic rings. The molecule has 0 fully saturated rings. The summed E-state index contributed by atoms with van der Waals surface area (Å²) in [4.78, 5) is 15.6. The van der Waals surface area contributed by atoms with Crippen LogP contribution in [0.2, 0.25) is 5.02 Å². The van der Waals surface area contributed by atoms with Crippen LogP contribution >= 0.6 is 11.6 Å². The molecule has 0 N–H and O–H groups in total. The summed E-state index contributed by atoms with van der Waals surface area (Å²) in [5, 5.41) is 0.635. The summed E-state index contributed by atoms with van der Waals surface area (Å²) in [7, 11) is 0. The molecule has 1 aromatic heterocycles. The number of halogens is 4. The molecule has 2 aromatic carbocycles. The molecule has 0 atom stereocenters. The second-order valence-corrected chi connectivity index (χ2v) is 14.4. The van der Waals surface area contributed by atoms with Crippen LogP contribution in [-0.2, 0) is 18.6 Å². The number of rotatable bonds is 10. The number of nitrogens with zero attached hydrogens (tertiary/aromatic N) is 3. The molecule has 8 heteroatoms. The van der Waals surface area contributed by atoms with E-state index < -0.39 is 0 Å². The normalized spacial score (nSPS) is 12.0. The number of aliphatic imine (C=N–C) groups is 2. The molecule has 0 bridgehead atoms. The van der Waals surface area contributed by atoms with Gasteiger partial charge in [-0.3, -0.25) is 9.98 Å². The van der Waals surface area contributed by atoms with E-state index >= 15 is 0 Å². The summed E-state index contributed by atoms with van der Waals surface area (Å²) in [6.07, 6.45) is 0. The zero-order chi connectivity index (χ0) is 32.3. The molecule has 47 heavy (non-hydrogen) atoms. The van der Waals surface area contributed by atoms with Crippen LogP contribution in [0.5, 0.6) is 0 Å². The van der Waals surface area contributed by atoms with Gasteiger partial charge >= 0.3 is 18.6 Å². The third kappa shape index (κ3) is 11.9. The Kier molecular flexibility index (Phi) is 20.7. The smallest absolute Gasteiger partial charge is 1.00 e. The Balaban J connectivity index is 0. The van der Waals surface area contributed by atoms with Gasteiger partial charge < -0.3 is 37.2 Å². The summed E-state index contributed by atoms with van der Waals surface area (Å²) in [6.45, 7) is 31.1. The molecule has 0 saturated heterocycles. The minimum Gasteiger partial charge on any atom is -1.00 e. The monoisotopic (exact) mass is 755 g/mol. The first kappa shape index (κ1) is 47.8. The fraction of sp³-hybridized carbons (Fsp3) is 0.513. The molecular weight excluding hydrogens is 703 g/mol. The summed E-state index contributed by atoms with van der Waals surface area (Å²) in [6, 6.07) is 13.2. The van der Waals surface area contributed by atoms with Crippen LogP contribution in [0.1, 0.15) is 177 Å². The quantitative estimate of drug-likeness (QED) is 0.291. The van der Waals surface area contributed by atoms with Gasteiger partial charge in [0.25, 0.3) is 0 Å². The number of hydrogen-bond donors (Lipinski definition) is 0. The summed E-state index contributed by atoms with van der Waals surface area (Å²) in [5.74, 6) is 2.34. The van der Waals surface area contributed by atoms with Crippen molar-refractivity contribution in [2.45, 2.75) is 132 Å². The topological polar surface area (TPSA) is 37.6 Å². The van der Waals surface area contributed by atoms with E-state index in [0.29, 0.717) is 40.5 Å². The molecule has 0 unspecified atom stereocenters. The predicted octanol–water partition coefficient (Wildman–Crippen LogP) is 3.77. The van der Waals surface area contributed by atoms with Crippen molar-refractivity contribution in [1.82, 2.24) is 4.98 Å². The van der Waals surface area contributed by atoms with Crippen LogP contribution in [0, 0.1) is 0 Å². The molecule has 0 saturated carbocycles. The van der Waals surface area contributed by atoms with Crippen molar-refractivity contribution in [3.05, 3.63) is 86.2 Å². The minimum atomic E-state index is 0. The number of aromatic nitrogens is 1. The van der Waals surface area contributed by atoms with E-state index in [-0.39, 0.29) is 55.8 Å². The second-order valence-electron chi connectivity index (χ2n) is 14.0. The van der Waals surface area contributed by atoms with E-state index in [1.54, 1.807) is 0 Å². The Labute approximate surface area is 321 Å². The van der Waals surface area contributed by atoms with Crippen molar-refractivity contribution in [2.75, 3.05) is 0 Å². The molecule has 0 amide bonds. The Hall–Kier alpha value is -1.33. The minimum absolute atomic E-state index is 0. The maximum absolute atomic E-state index is 6.73. The molecule has 0 aliphatic carbocycles.